The lowest BCUT2D eigenvalue weighted by Crippen LogP contribution is -2.22. The number of rotatable bonds is 4. The summed E-state index contributed by atoms with van der Waals surface area (Å²) in [5.41, 5.74) is 0. The maximum absolute atomic E-state index is 12.1. The van der Waals surface area contributed by atoms with Gasteiger partial charge in [0.25, 0.3) is 0 Å². The molecule has 0 atom stereocenters. The normalized spacial score (nSPS) is 15.3. The molecule has 0 spiro atoms. The van der Waals surface area contributed by atoms with Crippen molar-refractivity contribution in [1.82, 2.24) is 0 Å². The van der Waals surface area contributed by atoms with E-state index in [2.05, 4.69) is 0 Å². The zero-order valence-electron chi connectivity index (χ0n) is 12.5. The van der Waals surface area contributed by atoms with Crippen LogP contribution in [0, 0.1) is 5.92 Å². The summed E-state index contributed by atoms with van der Waals surface area (Å²) in [6.07, 6.45) is 5.39. The standard InChI is InChI=1S/C19H20O3/c20-19(15-7-3-1-4-8-15)22-18-13-11-17(12-14-18)21-16-9-5-2-6-10-16/h2,5-6,9-15H,1,3-4,7-8H2. The number of hydrogen-bond acceptors (Lipinski definition) is 3. The summed E-state index contributed by atoms with van der Waals surface area (Å²) in [7, 11) is 0. The van der Waals surface area contributed by atoms with Crippen LogP contribution in [0.15, 0.2) is 54.6 Å². The van der Waals surface area contributed by atoms with E-state index < -0.39 is 0 Å². The average Bonchev–Trinajstić information content (AvgIpc) is 2.58. The van der Waals surface area contributed by atoms with E-state index >= 15 is 0 Å². The lowest BCUT2D eigenvalue weighted by molar-refractivity contribution is -0.139. The number of hydrogen-bond donors (Lipinski definition) is 0. The molecule has 0 aliphatic heterocycles. The van der Waals surface area contributed by atoms with Gasteiger partial charge in [-0.15, -0.1) is 0 Å². The molecule has 1 saturated carbocycles. The minimum Gasteiger partial charge on any atom is -0.457 e. The van der Waals surface area contributed by atoms with Crippen molar-refractivity contribution in [2.24, 2.45) is 5.92 Å². The summed E-state index contributed by atoms with van der Waals surface area (Å²) in [6, 6.07) is 16.8. The highest BCUT2D eigenvalue weighted by Crippen LogP contribution is 2.27. The number of benzene rings is 2. The molecule has 22 heavy (non-hydrogen) atoms. The van der Waals surface area contributed by atoms with Crippen molar-refractivity contribution < 1.29 is 14.3 Å². The van der Waals surface area contributed by atoms with E-state index in [1.165, 1.54) is 6.42 Å². The van der Waals surface area contributed by atoms with Gasteiger partial charge >= 0.3 is 5.97 Å². The Morgan fingerprint density at radius 1 is 0.773 bits per heavy atom. The number of ether oxygens (including phenoxy) is 2. The van der Waals surface area contributed by atoms with Gasteiger partial charge in [0.2, 0.25) is 0 Å². The maximum Gasteiger partial charge on any atom is 0.314 e. The molecular formula is C19H20O3. The van der Waals surface area contributed by atoms with Crippen LogP contribution in [0.3, 0.4) is 0 Å². The first-order chi connectivity index (χ1) is 10.8. The summed E-state index contributed by atoms with van der Waals surface area (Å²) >= 11 is 0. The van der Waals surface area contributed by atoms with Crippen LogP contribution in [0.5, 0.6) is 17.2 Å². The smallest absolute Gasteiger partial charge is 0.314 e. The summed E-state index contributed by atoms with van der Waals surface area (Å²) in [4.78, 5) is 12.1. The second kappa shape index (κ2) is 7.12. The molecule has 0 amide bonds. The van der Waals surface area contributed by atoms with Crippen LogP contribution in [0.4, 0.5) is 0 Å². The third-order valence-electron chi connectivity index (χ3n) is 3.96. The molecule has 2 aromatic carbocycles. The molecule has 1 fully saturated rings. The van der Waals surface area contributed by atoms with Crippen molar-refractivity contribution >= 4 is 5.97 Å². The average molecular weight is 296 g/mol. The lowest BCUT2D eigenvalue weighted by Gasteiger charge is -2.19. The monoisotopic (exact) mass is 296 g/mol. The van der Waals surface area contributed by atoms with E-state index in [-0.39, 0.29) is 11.9 Å². The largest absolute Gasteiger partial charge is 0.457 e. The van der Waals surface area contributed by atoms with Crippen LogP contribution in [0.25, 0.3) is 0 Å². The molecule has 3 heteroatoms. The van der Waals surface area contributed by atoms with E-state index in [9.17, 15) is 4.79 Å². The Morgan fingerprint density at radius 3 is 2.05 bits per heavy atom. The fourth-order valence-electron chi connectivity index (χ4n) is 2.74. The van der Waals surface area contributed by atoms with Gasteiger partial charge in [0.1, 0.15) is 17.2 Å². The van der Waals surface area contributed by atoms with Crippen LogP contribution >= 0.6 is 0 Å². The van der Waals surface area contributed by atoms with E-state index in [0.29, 0.717) is 5.75 Å². The van der Waals surface area contributed by atoms with Gasteiger partial charge in [0.05, 0.1) is 5.92 Å². The Kier molecular flexibility index (Phi) is 4.74. The fourth-order valence-corrected chi connectivity index (χ4v) is 2.74. The zero-order chi connectivity index (χ0) is 15.2. The van der Waals surface area contributed by atoms with Crippen LogP contribution in [-0.2, 0) is 4.79 Å². The first-order valence-corrected chi connectivity index (χ1v) is 7.86. The Hall–Kier alpha value is -2.29. The van der Waals surface area contributed by atoms with Gasteiger partial charge in [-0.3, -0.25) is 4.79 Å². The summed E-state index contributed by atoms with van der Waals surface area (Å²) in [6.45, 7) is 0. The predicted octanol–water partition coefficient (Wildman–Crippen LogP) is 4.96. The topological polar surface area (TPSA) is 35.5 Å². The SMILES string of the molecule is O=C(Oc1ccc(Oc2ccccc2)cc1)C1CCCCC1. The van der Waals surface area contributed by atoms with E-state index in [4.69, 9.17) is 9.47 Å². The third kappa shape index (κ3) is 3.88. The highest BCUT2D eigenvalue weighted by Gasteiger charge is 2.22. The molecule has 3 nitrogen and oxygen atoms in total. The van der Waals surface area contributed by atoms with Crippen LogP contribution in [-0.4, -0.2) is 5.97 Å². The molecule has 0 radical (unpaired) electrons. The van der Waals surface area contributed by atoms with Crippen molar-refractivity contribution in [3.05, 3.63) is 54.6 Å². The number of esters is 1. The molecule has 2 aromatic rings. The first-order valence-electron chi connectivity index (χ1n) is 7.86. The number of carbonyl (C=O) groups excluding carboxylic acids is 1. The van der Waals surface area contributed by atoms with E-state index in [1.54, 1.807) is 12.1 Å². The minimum atomic E-state index is -0.101. The molecule has 0 unspecified atom stereocenters. The van der Waals surface area contributed by atoms with Gasteiger partial charge < -0.3 is 9.47 Å². The van der Waals surface area contributed by atoms with Crippen LogP contribution < -0.4 is 9.47 Å². The van der Waals surface area contributed by atoms with Crippen molar-refractivity contribution in [3.8, 4) is 17.2 Å². The van der Waals surface area contributed by atoms with Crippen LogP contribution in [0.1, 0.15) is 32.1 Å². The molecule has 0 N–H and O–H groups in total. The highest BCUT2D eigenvalue weighted by molar-refractivity contribution is 5.75. The maximum atomic E-state index is 12.1. The van der Waals surface area contributed by atoms with Gasteiger partial charge in [-0.25, -0.2) is 0 Å². The third-order valence-corrected chi connectivity index (χ3v) is 3.96. The molecular weight excluding hydrogens is 276 g/mol. The van der Waals surface area contributed by atoms with Gasteiger partial charge in [0.15, 0.2) is 0 Å². The second-order valence-corrected chi connectivity index (χ2v) is 5.64. The van der Waals surface area contributed by atoms with Gasteiger partial charge in [0, 0.05) is 0 Å². The summed E-state index contributed by atoms with van der Waals surface area (Å²) in [5.74, 6) is 2.06. The second-order valence-electron chi connectivity index (χ2n) is 5.64. The van der Waals surface area contributed by atoms with Gasteiger partial charge in [-0.2, -0.15) is 0 Å². The molecule has 1 aliphatic rings. The molecule has 0 saturated heterocycles. The molecule has 1 aliphatic carbocycles. The lowest BCUT2D eigenvalue weighted by atomic mass is 9.89. The number of para-hydroxylation sites is 1. The van der Waals surface area contributed by atoms with Gasteiger partial charge in [-0.1, -0.05) is 37.5 Å². The fraction of sp³-hybridized carbons (Fsp3) is 0.316. The predicted molar refractivity (Wildman–Crippen MR) is 85.2 cm³/mol. The Bertz CT molecular complexity index is 598. The minimum absolute atomic E-state index is 0.0639. The van der Waals surface area contributed by atoms with Crippen molar-refractivity contribution in [2.45, 2.75) is 32.1 Å². The Labute approximate surface area is 130 Å². The van der Waals surface area contributed by atoms with E-state index in [1.807, 2.05) is 42.5 Å². The molecule has 0 heterocycles. The van der Waals surface area contributed by atoms with E-state index in [0.717, 1.165) is 37.2 Å². The van der Waals surface area contributed by atoms with Crippen molar-refractivity contribution in [3.63, 3.8) is 0 Å². The van der Waals surface area contributed by atoms with Crippen molar-refractivity contribution in [2.75, 3.05) is 0 Å². The molecule has 0 aromatic heterocycles. The summed E-state index contributed by atoms with van der Waals surface area (Å²) in [5, 5.41) is 0. The highest BCUT2D eigenvalue weighted by atomic mass is 16.5. The number of carbonyl (C=O) groups is 1. The van der Waals surface area contributed by atoms with Crippen LogP contribution in [0.2, 0.25) is 0 Å². The van der Waals surface area contributed by atoms with Crippen molar-refractivity contribution in [1.29, 1.82) is 0 Å². The zero-order valence-corrected chi connectivity index (χ0v) is 12.5. The first kappa shape index (κ1) is 14.6. The molecule has 3 rings (SSSR count). The molecule has 0 bridgehead atoms. The quantitative estimate of drug-likeness (QED) is 0.590. The Morgan fingerprint density at radius 2 is 1.36 bits per heavy atom. The Balaban J connectivity index is 1.58. The van der Waals surface area contributed by atoms with Gasteiger partial charge in [-0.05, 0) is 49.2 Å². The molecule has 114 valence electrons. The summed E-state index contributed by atoms with van der Waals surface area (Å²) < 4.78 is 11.2.